The number of hydrogen-bond acceptors (Lipinski definition) is 3. The molecule has 0 radical (unpaired) electrons. The van der Waals surface area contributed by atoms with E-state index >= 15 is 0 Å². The number of aliphatic hydroxyl groups is 1. The highest BCUT2D eigenvalue weighted by atomic mass is 19.3. The lowest BCUT2D eigenvalue weighted by Gasteiger charge is -2.49. The van der Waals surface area contributed by atoms with Crippen molar-refractivity contribution in [2.24, 2.45) is 17.3 Å². The van der Waals surface area contributed by atoms with Gasteiger partial charge in [-0.15, -0.1) is 0 Å². The predicted molar refractivity (Wildman–Crippen MR) is 120 cm³/mol. The van der Waals surface area contributed by atoms with Crippen molar-refractivity contribution in [2.45, 2.75) is 57.7 Å². The number of rotatable bonds is 4. The molecule has 3 nitrogen and oxygen atoms in total. The van der Waals surface area contributed by atoms with Crippen molar-refractivity contribution in [2.75, 3.05) is 7.11 Å². The van der Waals surface area contributed by atoms with Crippen molar-refractivity contribution < 1.29 is 23.4 Å². The monoisotopic (exact) mass is 440 g/mol. The van der Waals surface area contributed by atoms with Gasteiger partial charge in [-0.3, -0.25) is 0 Å². The summed E-state index contributed by atoms with van der Waals surface area (Å²) in [5.41, 5.74) is 4.72. The molecule has 32 heavy (non-hydrogen) atoms. The van der Waals surface area contributed by atoms with Crippen molar-refractivity contribution in [3.63, 3.8) is 0 Å². The Labute approximate surface area is 188 Å². The molecule has 5 rings (SSSR count). The highest BCUT2D eigenvalue weighted by Crippen LogP contribution is 2.62. The first-order chi connectivity index (χ1) is 15.4. The number of halogens is 2. The van der Waals surface area contributed by atoms with Crippen LogP contribution in [0.1, 0.15) is 55.2 Å². The molecule has 3 aliphatic carbocycles. The minimum absolute atomic E-state index is 0.115. The van der Waals surface area contributed by atoms with Crippen molar-refractivity contribution in [3.8, 4) is 11.5 Å². The molecule has 5 heteroatoms. The zero-order chi connectivity index (χ0) is 22.5. The van der Waals surface area contributed by atoms with E-state index in [9.17, 15) is 13.9 Å². The lowest BCUT2D eigenvalue weighted by Crippen LogP contribution is -2.44. The average Bonchev–Trinajstić information content (AvgIpc) is 3.04. The topological polar surface area (TPSA) is 38.7 Å². The molecule has 2 aromatic rings. The second kappa shape index (κ2) is 8.18. The van der Waals surface area contributed by atoms with Crippen molar-refractivity contribution in [1.82, 2.24) is 0 Å². The maximum atomic E-state index is 12.4. The Morgan fingerprint density at radius 3 is 2.56 bits per heavy atom. The Morgan fingerprint density at radius 1 is 1.09 bits per heavy atom. The van der Waals surface area contributed by atoms with Gasteiger partial charge in [0.15, 0.2) is 0 Å². The van der Waals surface area contributed by atoms with Crippen LogP contribution in [0, 0.1) is 17.3 Å². The largest absolute Gasteiger partial charge is 0.497 e. The van der Waals surface area contributed by atoms with Gasteiger partial charge in [-0.05, 0) is 96.4 Å². The van der Waals surface area contributed by atoms with Crippen LogP contribution in [0.5, 0.6) is 11.5 Å². The number of methoxy groups -OCH3 is 1. The Bertz CT molecular complexity index is 1020. The van der Waals surface area contributed by atoms with E-state index in [0.717, 1.165) is 49.0 Å². The summed E-state index contributed by atoms with van der Waals surface area (Å²) in [6, 6.07) is 13.2. The van der Waals surface area contributed by atoms with Crippen LogP contribution in [0.15, 0.2) is 48.0 Å². The van der Waals surface area contributed by atoms with Crippen molar-refractivity contribution >= 4 is 6.08 Å². The smallest absolute Gasteiger partial charge is 0.387 e. The second-order valence-corrected chi connectivity index (χ2v) is 9.80. The second-order valence-electron chi connectivity index (χ2n) is 9.80. The predicted octanol–water partition coefficient (Wildman–Crippen LogP) is 6.21. The Morgan fingerprint density at radius 2 is 1.84 bits per heavy atom. The third-order valence-corrected chi connectivity index (χ3v) is 8.26. The molecule has 0 bridgehead atoms. The lowest BCUT2D eigenvalue weighted by molar-refractivity contribution is -0.0498. The summed E-state index contributed by atoms with van der Waals surface area (Å²) < 4.78 is 34.7. The van der Waals surface area contributed by atoms with Crippen LogP contribution < -0.4 is 9.47 Å². The molecular formula is C27H30F2O3. The van der Waals surface area contributed by atoms with Crippen LogP contribution in [0.25, 0.3) is 6.08 Å². The average molecular weight is 441 g/mol. The molecule has 0 aromatic heterocycles. The SMILES string of the molecule is COc1ccc2c(c1)CCC1C2CCC2(C)C(O)/C(=C\c3ccc(OC(F)F)cc3)CC12. The summed E-state index contributed by atoms with van der Waals surface area (Å²) >= 11 is 0. The first kappa shape index (κ1) is 21.4. The zero-order valence-electron chi connectivity index (χ0n) is 18.6. The minimum atomic E-state index is -2.83. The van der Waals surface area contributed by atoms with Gasteiger partial charge < -0.3 is 14.6 Å². The van der Waals surface area contributed by atoms with E-state index in [1.54, 1.807) is 31.4 Å². The molecule has 2 fully saturated rings. The Hall–Kier alpha value is -2.40. The molecule has 5 unspecified atom stereocenters. The quantitative estimate of drug-likeness (QED) is 0.615. The molecule has 0 heterocycles. The third-order valence-electron chi connectivity index (χ3n) is 8.26. The molecule has 3 aliphatic rings. The minimum Gasteiger partial charge on any atom is -0.497 e. The van der Waals surface area contributed by atoms with Crippen LogP contribution in [0.2, 0.25) is 0 Å². The highest BCUT2D eigenvalue weighted by Gasteiger charge is 2.56. The standard InChI is InChI=1S/C27H30F2O3/c1-27-12-11-22-21-10-8-20(31-2)14-17(21)5-9-23(22)24(27)15-18(25(27)30)13-16-3-6-19(7-4-16)32-26(28)29/h3-4,6-8,10,13-14,22-26,30H,5,9,11-12,15H2,1-2H3/b18-13-. The van der Waals surface area contributed by atoms with Crippen LogP contribution in [-0.4, -0.2) is 24.9 Å². The lowest BCUT2D eigenvalue weighted by atomic mass is 9.55. The van der Waals surface area contributed by atoms with E-state index < -0.39 is 12.7 Å². The molecule has 5 atom stereocenters. The molecule has 170 valence electrons. The van der Waals surface area contributed by atoms with Gasteiger partial charge in [-0.2, -0.15) is 8.78 Å². The maximum absolute atomic E-state index is 12.4. The van der Waals surface area contributed by atoms with Gasteiger partial charge in [0.25, 0.3) is 0 Å². The summed E-state index contributed by atoms with van der Waals surface area (Å²) in [6.07, 6.45) is 6.76. The van der Waals surface area contributed by atoms with Crippen LogP contribution in [-0.2, 0) is 6.42 Å². The van der Waals surface area contributed by atoms with Crippen LogP contribution in [0.3, 0.4) is 0 Å². The van der Waals surface area contributed by atoms with Crippen molar-refractivity contribution in [1.29, 1.82) is 0 Å². The van der Waals surface area contributed by atoms with Gasteiger partial charge in [-0.1, -0.05) is 31.2 Å². The summed E-state index contributed by atoms with van der Waals surface area (Å²) in [7, 11) is 1.71. The van der Waals surface area contributed by atoms with Gasteiger partial charge in [0.2, 0.25) is 0 Å². The Kier molecular flexibility index (Phi) is 5.48. The third kappa shape index (κ3) is 3.61. The number of aryl methyl sites for hydroxylation is 1. The van der Waals surface area contributed by atoms with Crippen LogP contribution >= 0.6 is 0 Å². The van der Waals surface area contributed by atoms with Crippen molar-refractivity contribution in [3.05, 3.63) is 64.7 Å². The molecule has 0 amide bonds. The number of alkyl halides is 2. The van der Waals surface area contributed by atoms with E-state index in [0.29, 0.717) is 17.8 Å². The van der Waals surface area contributed by atoms with E-state index in [1.165, 1.54) is 11.1 Å². The molecule has 2 aromatic carbocycles. The molecule has 0 spiro atoms. The fraction of sp³-hybridized carbons (Fsp3) is 0.481. The molecule has 0 saturated heterocycles. The fourth-order valence-corrected chi connectivity index (χ4v) is 6.64. The first-order valence-electron chi connectivity index (χ1n) is 11.5. The van der Waals surface area contributed by atoms with E-state index in [4.69, 9.17) is 4.74 Å². The molecule has 2 saturated carbocycles. The number of hydrogen-bond donors (Lipinski definition) is 1. The Balaban J connectivity index is 1.40. The summed E-state index contributed by atoms with van der Waals surface area (Å²) in [6.45, 7) is -0.573. The fourth-order valence-electron chi connectivity index (χ4n) is 6.64. The molecule has 1 N–H and O–H groups in total. The summed E-state index contributed by atoms with van der Waals surface area (Å²) in [5, 5.41) is 11.3. The maximum Gasteiger partial charge on any atom is 0.387 e. The van der Waals surface area contributed by atoms with Gasteiger partial charge >= 0.3 is 6.61 Å². The van der Waals surface area contributed by atoms with Crippen LogP contribution in [0.4, 0.5) is 8.78 Å². The summed E-state index contributed by atoms with van der Waals surface area (Å²) in [4.78, 5) is 0. The van der Waals surface area contributed by atoms with Gasteiger partial charge in [0.1, 0.15) is 11.5 Å². The van der Waals surface area contributed by atoms with Gasteiger partial charge in [-0.25, -0.2) is 0 Å². The molecule has 0 aliphatic heterocycles. The number of fused-ring (bicyclic) bond motifs is 5. The highest BCUT2D eigenvalue weighted by molar-refractivity contribution is 5.56. The zero-order valence-corrected chi connectivity index (χ0v) is 18.6. The number of aliphatic hydroxyl groups excluding tert-OH is 1. The normalized spacial score (nSPS) is 32.4. The van der Waals surface area contributed by atoms with E-state index in [1.807, 2.05) is 6.08 Å². The number of benzene rings is 2. The van der Waals surface area contributed by atoms with E-state index in [-0.39, 0.29) is 11.2 Å². The van der Waals surface area contributed by atoms with Gasteiger partial charge in [0, 0.05) is 5.41 Å². The number of ether oxygens (including phenoxy) is 2. The van der Waals surface area contributed by atoms with Gasteiger partial charge in [0.05, 0.1) is 13.2 Å². The molecular weight excluding hydrogens is 410 g/mol. The first-order valence-corrected chi connectivity index (χ1v) is 11.5. The van der Waals surface area contributed by atoms with E-state index in [2.05, 4.69) is 29.9 Å². The summed E-state index contributed by atoms with van der Waals surface area (Å²) in [5.74, 6) is 2.63.